The predicted octanol–water partition coefficient (Wildman–Crippen LogP) is 7.37. The van der Waals surface area contributed by atoms with Crippen LogP contribution in [0.5, 0.6) is 11.5 Å². The maximum atomic E-state index is 11.6. The number of aryl methyl sites for hydroxylation is 2. The van der Waals surface area contributed by atoms with Crippen molar-refractivity contribution in [2.45, 2.75) is 92.4 Å². The minimum atomic E-state index is -1.20. The fraction of sp³-hybridized carbons (Fsp3) is 0.438. The summed E-state index contributed by atoms with van der Waals surface area (Å²) in [6.45, 7) is 23.6. The smallest absolute Gasteiger partial charge is 0.127 e. The Morgan fingerprint density at radius 1 is 0.543 bits per heavy atom. The lowest BCUT2D eigenvalue weighted by Gasteiger charge is -2.30. The van der Waals surface area contributed by atoms with E-state index in [0.717, 1.165) is 38.2 Å². The summed E-state index contributed by atoms with van der Waals surface area (Å²) < 4.78 is 0. The molecule has 0 aromatic heterocycles. The van der Waals surface area contributed by atoms with Crippen molar-refractivity contribution in [3.05, 3.63) is 76.3 Å². The fourth-order valence-electron chi connectivity index (χ4n) is 4.52. The summed E-state index contributed by atoms with van der Waals surface area (Å²) in [7, 11) is -1.20. The van der Waals surface area contributed by atoms with Crippen molar-refractivity contribution in [3.8, 4) is 11.5 Å². The first kappa shape index (κ1) is 27.3. The normalized spacial score (nSPS) is 12.9. The zero-order valence-electron chi connectivity index (χ0n) is 23.5. The Hall–Kier alpha value is -2.31. The molecule has 0 atom stereocenters. The van der Waals surface area contributed by atoms with Gasteiger partial charge in [-0.05, 0) is 72.1 Å². The van der Waals surface area contributed by atoms with Crippen LogP contribution >= 0.6 is 7.92 Å². The van der Waals surface area contributed by atoms with Gasteiger partial charge >= 0.3 is 0 Å². The zero-order chi connectivity index (χ0) is 26.5. The second kappa shape index (κ2) is 9.29. The summed E-state index contributed by atoms with van der Waals surface area (Å²) in [5.41, 5.74) is 5.03. The largest absolute Gasteiger partial charge is 0.507 e. The maximum Gasteiger partial charge on any atom is 0.127 e. The summed E-state index contributed by atoms with van der Waals surface area (Å²) in [6, 6.07) is 17.1. The van der Waals surface area contributed by atoms with Crippen LogP contribution in [0.2, 0.25) is 0 Å². The van der Waals surface area contributed by atoms with Crippen LogP contribution in [0.1, 0.15) is 90.1 Å². The lowest BCUT2D eigenvalue weighted by atomic mass is 9.85. The molecule has 0 unspecified atom stereocenters. The molecule has 0 bridgehead atoms. The highest BCUT2D eigenvalue weighted by molar-refractivity contribution is 7.80. The van der Waals surface area contributed by atoms with Crippen LogP contribution in [0.3, 0.4) is 0 Å². The molecule has 0 saturated carbocycles. The molecule has 0 amide bonds. The van der Waals surface area contributed by atoms with Crippen LogP contribution in [0.15, 0.2) is 48.5 Å². The van der Waals surface area contributed by atoms with E-state index in [2.05, 4.69) is 125 Å². The topological polar surface area (TPSA) is 40.5 Å². The minimum absolute atomic E-state index is 0.0526. The van der Waals surface area contributed by atoms with E-state index < -0.39 is 7.92 Å². The van der Waals surface area contributed by atoms with Crippen LogP contribution < -0.4 is 15.9 Å². The highest BCUT2D eigenvalue weighted by Crippen LogP contribution is 2.45. The average Bonchev–Trinajstić information content (AvgIpc) is 2.70. The minimum Gasteiger partial charge on any atom is -0.507 e. The lowest BCUT2D eigenvalue weighted by molar-refractivity contribution is 0.450. The van der Waals surface area contributed by atoms with E-state index in [-0.39, 0.29) is 16.2 Å². The molecule has 2 nitrogen and oxygen atoms in total. The van der Waals surface area contributed by atoms with E-state index in [4.69, 9.17) is 0 Å². The molecular weight excluding hydrogens is 447 g/mol. The molecule has 0 spiro atoms. The van der Waals surface area contributed by atoms with E-state index in [9.17, 15) is 10.2 Å². The van der Waals surface area contributed by atoms with Crippen molar-refractivity contribution < 1.29 is 10.2 Å². The summed E-state index contributed by atoms with van der Waals surface area (Å²) in [5, 5.41) is 26.2. The number of rotatable bonds is 3. The number of hydrogen-bond donors (Lipinski definition) is 2. The van der Waals surface area contributed by atoms with Gasteiger partial charge in [-0.1, -0.05) is 98.7 Å². The number of phenols is 2. The molecule has 0 aliphatic heterocycles. The molecular formula is C32H43O2P. The molecule has 35 heavy (non-hydrogen) atoms. The molecule has 3 aromatic rings. The van der Waals surface area contributed by atoms with Crippen LogP contribution in [-0.4, -0.2) is 10.2 Å². The maximum absolute atomic E-state index is 11.6. The molecule has 0 fully saturated rings. The summed E-state index contributed by atoms with van der Waals surface area (Å²) >= 11 is 0. The molecule has 0 heterocycles. The van der Waals surface area contributed by atoms with Crippen molar-refractivity contribution in [1.82, 2.24) is 0 Å². The Kier molecular flexibility index (Phi) is 7.24. The van der Waals surface area contributed by atoms with Gasteiger partial charge in [0.15, 0.2) is 0 Å². The fourth-order valence-corrected chi connectivity index (χ4v) is 7.12. The third-order valence-corrected chi connectivity index (χ3v) is 9.02. The van der Waals surface area contributed by atoms with Crippen molar-refractivity contribution in [2.75, 3.05) is 0 Å². The molecule has 0 radical (unpaired) electrons. The lowest BCUT2D eigenvalue weighted by Crippen LogP contribution is -2.26. The van der Waals surface area contributed by atoms with E-state index in [1.807, 2.05) is 0 Å². The number of benzene rings is 3. The Balaban J connectivity index is 2.40. The van der Waals surface area contributed by atoms with Crippen molar-refractivity contribution in [2.24, 2.45) is 0 Å². The van der Waals surface area contributed by atoms with E-state index in [0.29, 0.717) is 11.5 Å². The van der Waals surface area contributed by atoms with Gasteiger partial charge in [0, 0.05) is 21.7 Å². The third-order valence-electron chi connectivity index (χ3n) is 6.56. The quantitative estimate of drug-likeness (QED) is 0.377. The Morgan fingerprint density at radius 2 is 0.914 bits per heavy atom. The van der Waals surface area contributed by atoms with Crippen molar-refractivity contribution >= 4 is 23.8 Å². The first-order valence-corrected chi connectivity index (χ1v) is 13.8. The second-order valence-corrected chi connectivity index (χ2v) is 15.1. The highest BCUT2D eigenvalue weighted by Gasteiger charge is 2.30. The van der Waals surface area contributed by atoms with Gasteiger partial charge in [0.25, 0.3) is 0 Å². The van der Waals surface area contributed by atoms with E-state index >= 15 is 0 Å². The van der Waals surface area contributed by atoms with Crippen molar-refractivity contribution in [1.29, 1.82) is 0 Å². The molecule has 3 heteroatoms. The molecule has 188 valence electrons. The molecule has 0 aliphatic rings. The molecule has 3 aromatic carbocycles. The Morgan fingerprint density at radius 3 is 1.23 bits per heavy atom. The van der Waals surface area contributed by atoms with Gasteiger partial charge in [-0.2, -0.15) is 0 Å². The van der Waals surface area contributed by atoms with E-state index in [1.54, 1.807) is 0 Å². The van der Waals surface area contributed by atoms with Gasteiger partial charge in [0.05, 0.1) is 0 Å². The molecule has 3 rings (SSSR count). The van der Waals surface area contributed by atoms with Gasteiger partial charge in [-0.25, -0.2) is 0 Å². The van der Waals surface area contributed by atoms with Gasteiger partial charge in [0.2, 0.25) is 0 Å². The molecule has 0 saturated heterocycles. The highest BCUT2D eigenvalue weighted by atomic mass is 31.1. The molecule has 0 aliphatic carbocycles. The second-order valence-electron chi connectivity index (χ2n) is 13.0. The standard InChI is InChI=1S/C32H43O2P/c1-20-16-24(31(6,7)8)28(33)26(18-20)35(23-14-12-22(13-15-23)30(3,4)5)27-19-21(2)17-25(29(27)34)32(9,10)11/h12-19,33-34H,1-11H3. The van der Waals surface area contributed by atoms with Gasteiger partial charge < -0.3 is 10.2 Å². The van der Waals surface area contributed by atoms with Gasteiger partial charge in [-0.3, -0.25) is 0 Å². The summed E-state index contributed by atoms with van der Waals surface area (Å²) in [6.07, 6.45) is 0. The van der Waals surface area contributed by atoms with Crippen LogP contribution in [0.4, 0.5) is 0 Å². The SMILES string of the molecule is Cc1cc(P(c2ccc(C(C)(C)C)cc2)c2cc(C)cc(C(C)(C)C)c2O)c(O)c(C(C)(C)C)c1. The number of phenolic OH excluding ortho intramolecular Hbond substituents is 2. The Labute approximate surface area is 214 Å². The first-order chi connectivity index (χ1) is 15.9. The number of aromatic hydroxyl groups is 2. The molecule has 2 N–H and O–H groups in total. The van der Waals surface area contributed by atoms with Crippen LogP contribution in [0, 0.1) is 13.8 Å². The summed E-state index contributed by atoms with van der Waals surface area (Å²) in [4.78, 5) is 0. The number of hydrogen-bond acceptors (Lipinski definition) is 2. The van der Waals surface area contributed by atoms with Crippen molar-refractivity contribution in [3.63, 3.8) is 0 Å². The van der Waals surface area contributed by atoms with Gasteiger partial charge in [0.1, 0.15) is 11.5 Å². The van der Waals surface area contributed by atoms with Crippen LogP contribution in [0.25, 0.3) is 0 Å². The average molecular weight is 491 g/mol. The zero-order valence-corrected chi connectivity index (χ0v) is 24.4. The van der Waals surface area contributed by atoms with Gasteiger partial charge in [-0.15, -0.1) is 0 Å². The first-order valence-electron chi connectivity index (χ1n) is 12.5. The Bertz CT molecular complexity index is 1150. The predicted molar refractivity (Wildman–Crippen MR) is 154 cm³/mol. The van der Waals surface area contributed by atoms with E-state index in [1.165, 1.54) is 5.56 Å². The van der Waals surface area contributed by atoms with Crippen LogP contribution in [-0.2, 0) is 16.2 Å². The third kappa shape index (κ3) is 5.75. The monoisotopic (exact) mass is 490 g/mol. The summed E-state index contributed by atoms with van der Waals surface area (Å²) in [5.74, 6) is 0.680.